The molecule has 0 aliphatic heterocycles. The van der Waals surface area contributed by atoms with Crippen molar-refractivity contribution < 1.29 is 9.21 Å². The van der Waals surface area contributed by atoms with E-state index in [1.54, 1.807) is 0 Å². The van der Waals surface area contributed by atoms with Crippen LogP contribution in [0.4, 0.5) is 0 Å². The molecule has 0 bridgehead atoms. The fourth-order valence-corrected chi connectivity index (χ4v) is 1.54. The zero-order valence-corrected chi connectivity index (χ0v) is 8.86. The molecule has 1 saturated carbocycles. The van der Waals surface area contributed by atoms with Crippen molar-refractivity contribution in [2.24, 2.45) is 11.0 Å². The van der Waals surface area contributed by atoms with Crippen molar-refractivity contribution in [2.45, 2.75) is 26.2 Å². The number of amides is 1. The Morgan fingerprint density at radius 3 is 3.00 bits per heavy atom. The first-order chi connectivity index (χ1) is 7.16. The van der Waals surface area contributed by atoms with Crippen LogP contribution in [0.3, 0.4) is 0 Å². The molecule has 1 aromatic rings. The lowest BCUT2D eigenvalue weighted by molar-refractivity contribution is -0.118. The number of hydrazone groups is 1. The fraction of sp³-hybridized carbons (Fsp3) is 0.455. The summed E-state index contributed by atoms with van der Waals surface area (Å²) in [7, 11) is 0. The molecule has 0 aromatic carbocycles. The second kappa shape index (κ2) is 3.88. The molecule has 4 nitrogen and oxygen atoms in total. The second-order valence-electron chi connectivity index (χ2n) is 3.99. The van der Waals surface area contributed by atoms with Crippen molar-refractivity contribution in [3.05, 3.63) is 23.7 Å². The van der Waals surface area contributed by atoms with Crippen LogP contribution in [0.25, 0.3) is 0 Å². The van der Waals surface area contributed by atoms with Gasteiger partial charge in [-0.25, -0.2) is 5.43 Å². The van der Waals surface area contributed by atoms with Crippen LogP contribution in [0.2, 0.25) is 0 Å². The predicted octanol–water partition coefficient (Wildman–Crippen LogP) is 1.87. The second-order valence-corrected chi connectivity index (χ2v) is 3.99. The van der Waals surface area contributed by atoms with E-state index >= 15 is 0 Å². The maximum absolute atomic E-state index is 10.5. The summed E-state index contributed by atoms with van der Waals surface area (Å²) in [6.07, 6.45) is 2.72. The standard InChI is InChI=1S/C11H14N2O2/c1-7-5-10(7)11-4-3-9(15-11)6-12-13-8(2)14/h3-4,6-7,10H,5H2,1-2H3,(H,13,14)/b12-6-/t7-,10+/m1/s1. The Morgan fingerprint density at radius 2 is 2.40 bits per heavy atom. The van der Waals surface area contributed by atoms with Crippen molar-refractivity contribution in [1.82, 2.24) is 5.43 Å². The minimum atomic E-state index is -0.186. The molecule has 1 heterocycles. The Kier molecular flexibility index (Phi) is 2.58. The van der Waals surface area contributed by atoms with Crippen LogP contribution in [0, 0.1) is 5.92 Å². The molecule has 0 unspecified atom stereocenters. The van der Waals surface area contributed by atoms with Crippen molar-refractivity contribution in [1.29, 1.82) is 0 Å². The Bertz CT molecular complexity index is 395. The molecule has 1 aromatic heterocycles. The Morgan fingerprint density at radius 1 is 1.67 bits per heavy atom. The maximum atomic E-state index is 10.5. The zero-order valence-electron chi connectivity index (χ0n) is 8.86. The molecular weight excluding hydrogens is 192 g/mol. The first-order valence-electron chi connectivity index (χ1n) is 5.06. The van der Waals surface area contributed by atoms with E-state index in [-0.39, 0.29) is 5.91 Å². The third-order valence-corrected chi connectivity index (χ3v) is 2.54. The Hall–Kier alpha value is -1.58. The summed E-state index contributed by atoms with van der Waals surface area (Å²) >= 11 is 0. The molecule has 4 heteroatoms. The van der Waals surface area contributed by atoms with Crippen LogP contribution in [0.5, 0.6) is 0 Å². The zero-order chi connectivity index (χ0) is 10.8. The number of hydrogen-bond acceptors (Lipinski definition) is 3. The predicted molar refractivity (Wildman–Crippen MR) is 56.6 cm³/mol. The van der Waals surface area contributed by atoms with Crippen LogP contribution in [0.15, 0.2) is 21.7 Å². The summed E-state index contributed by atoms with van der Waals surface area (Å²) in [4.78, 5) is 10.5. The summed E-state index contributed by atoms with van der Waals surface area (Å²) in [5.74, 6) is 2.82. The molecule has 1 N–H and O–H groups in total. The first-order valence-corrected chi connectivity index (χ1v) is 5.06. The van der Waals surface area contributed by atoms with Gasteiger partial charge in [0.1, 0.15) is 11.5 Å². The molecule has 1 fully saturated rings. The van der Waals surface area contributed by atoms with E-state index in [0.29, 0.717) is 11.7 Å². The van der Waals surface area contributed by atoms with E-state index in [1.165, 1.54) is 19.6 Å². The average Bonchev–Trinajstić information content (AvgIpc) is 2.73. The Labute approximate surface area is 88.4 Å². The molecule has 0 spiro atoms. The summed E-state index contributed by atoms with van der Waals surface area (Å²) in [5.41, 5.74) is 2.33. The number of carbonyl (C=O) groups excluding carboxylic acids is 1. The van der Waals surface area contributed by atoms with Gasteiger partial charge in [0.25, 0.3) is 0 Å². The minimum Gasteiger partial charge on any atom is -0.460 e. The van der Waals surface area contributed by atoms with Gasteiger partial charge >= 0.3 is 0 Å². The largest absolute Gasteiger partial charge is 0.460 e. The summed E-state index contributed by atoms with van der Waals surface area (Å²) in [6, 6.07) is 3.84. The number of rotatable bonds is 3. The molecule has 1 aliphatic carbocycles. The van der Waals surface area contributed by atoms with Gasteiger partial charge in [0, 0.05) is 12.8 Å². The van der Waals surface area contributed by atoms with Gasteiger partial charge in [-0.2, -0.15) is 5.10 Å². The topological polar surface area (TPSA) is 54.6 Å². The van der Waals surface area contributed by atoms with Crippen LogP contribution >= 0.6 is 0 Å². The quantitative estimate of drug-likeness (QED) is 0.606. The molecule has 2 rings (SSSR count). The van der Waals surface area contributed by atoms with Gasteiger partial charge < -0.3 is 4.42 Å². The number of hydrogen-bond donors (Lipinski definition) is 1. The van der Waals surface area contributed by atoms with Gasteiger partial charge in [0.15, 0.2) is 0 Å². The van der Waals surface area contributed by atoms with E-state index in [0.717, 1.165) is 11.7 Å². The van der Waals surface area contributed by atoms with Crippen molar-refractivity contribution in [3.63, 3.8) is 0 Å². The monoisotopic (exact) mass is 206 g/mol. The van der Waals surface area contributed by atoms with Crippen LogP contribution in [-0.4, -0.2) is 12.1 Å². The molecule has 15 heavy (non-hydrogen) atoms. The molecule has 2 atom stereocenters. The van der Waals surface area contributed by atoms with Crippen molar-refractivity contribution in [2.75, 3.05) is 0 Å². The van der Waals surface area contributed by atoms with Crippen molar-refractivity contribution >= 4 is 12.1 Å². The van der Waals surface area contributed by atoms with Gasteiger partial charge in [0.2, 0.25) is 5.91 Å². The SMILES string of the molecule is CC(=O)N/N=C\c1ccc([C@H]2C[C@H]2C)o1. The van der Waals surface area contributed by atoms with Gasteiger partial charge in [-0.05, 0) is 24.5 Å². The number of carbonyl (C=O) groups is 1. The fourth-order valence-electron chi connectivity index (χ4n) is 1.54. The highest BCUT2D eigenvalue weighted by Gasteiger charge is 2.36. The highest BCUT2D eigenvalue weighted by Crippen LogP contribution is 2.47. The van der Waals surface area contributed by atoms with E-state index in [1.807, 2.05) is 12.1 Å². The lowest BCUT2D eigenvalue weighted by atomic mass is 10.3. The summed E-state index contributed by atoms with van der Waals surface area (Å²) in [6.45, 7) is 3.62. The van der Waals surface area contributed by atoms with Crippen LogP contribution < -0.4 is 5.43 Å². The average molecular weight is 206 g/mol. The third-order valence-electron chi connectivity index (χ3n) is 2.54. The van der Waals surface area contributed by atoms with Crippen LogP contribution in [0.1, 0.15) is 37.7 Å². The van der Waals surface area contributed by atoms with E-state index in [4.69, 9.17) is 4.42 Å². The lowest BCUT2D eigenvalue weighted by Crippen LogP contribution is -2.12. The van der Waals surface area contributed by atoms with E-state index < -0.39 is 0 Å². The summed E-state index contributed by atoms with van der Waals surface area (Å²) in [5, 5.41) is 3.73. The van der Waals surface area contributed by atoms with E-state index in [9.17, 15) is 4.79 Å². The number of nitrogens with zero attached hydrogens (tertiary/aromatic N) is 1. The van der Waals surface area contributed by atoms with Gasteiger partial charge in [-0.15, -0.1) is 0 Å². The minimum absolute atomic E-state index is 0.186. The summed E-state index contributed by atoms with van der Waals surface area (Å²) < 4.78 is 5.56. The van der Waals surface area contributed by atoms with Crippen molar-refractivity contribution in [3.8, 4) is 0 Å². The smallest absolute Gasteiger partial charge is 0.236 e. The van der Waals surface area contributed by atoms with Crippen LogP contribution in [-0.2, 0) is 4.79 Å². The molecule has 0 radical (unpaired) electrons. The first kappa shape index (κ1) is 9.96. The molecular formula is C11H14N2O2. The van der Waals surface area contributed by atoms with E-state index in [2.05, 4.69) is 17.5 Å². The van der Waals surface area contributed by atoms with Gasteiger partial charge in [0.05, 0.1) is 6.21 Å². The van der Waals surface area contributed by atoms with Gasteiger partial charge in [-0.3, -0.25) is 4.79 Å². The third kappa shape index (κ3) is 2.46. The highest BCUT2D eigenvalue weighted by atomic mass is 16.3. The highest BCUT2D eigenvalue weighted by molar-refractivity contribution is 5.79. The number of nitrogens with one attached hydrogen (secondary N) is 1. The molecule has 1 aliphatic rings. The lowest BCUT2D eigenvalue weighted by Gasteiger charge is -1.91. The Balaban J connectivity index is 1.95. The normalized spacial score (nSPS) is 24.4. The number of furan rings is 1. The molecule has 80 valence electrons. The maximum Gasteiger partial charge on any atom is 0.236 e. The molecule has 0 saturated heterocycles. The van der Waals surface area contributed by atoms with Gasteiger partial charge in [-0.1, -0.05) is 6.92 Å². The molecule has 1 amide bonds.